The van der Waals surface area contributed by atoms with Crippen molar-refractivity contribution in [2.45, 2.75) is 41.5 Å². The van der Waals surface area contributed by atoms with Crippen LogP contribution in [0.15, 0.2) is 79.6 Å². The van der Waals surface area contributed by atoms with Crippen molar-refractivity contribution in [3.8, 4) is 17.1 Å². The summed E-state index contributed by atoms with van der Waals surface area (Å²) in [6, 6.07) is 15.6. The number of hydrogen-bond donors (Lipinski definition) is 4. The quantitative estimate of drug-likeness (QED) is 0.0971. The molecule has 61 heavy (non-hydrogen) atoms. The highest BCUT2D eigenvalue weighted by molar-refractivity contribution is 6.33. The van der Waals surface area contributed by atoms with Crippen LogP contribution >= 0.6 is 11.6 Å². The molecule has 0 bridgehead atoms. The highest BCUT2D eigenvalue weighted by Gasteiger charge is 2.17. The summed E-state index contributed by atoms with van der Waals surface area (Å²) < 4.78 is 12.9. The molecule has 0 spiro atoms. The number of ether oxygens (including phenoxy) is 2. The van der Waals surface area contributed by atoms with Gasteiger partial charge in [0.05, 0.1) is 36.7 Å². The normalized spacial score (nSPS) is 13.1. The van der Waals surface area contributed by atoms with E-state index in [0.29, 0.717) is 22.7 Å². The third kappa shape index (κ3) is 11.1. The van der Waals surface area contributed by atoms with Crippen LogP contribution in [-0.4, -0.2) is 91.2 Å². The Morgan fingerprint density at radius 1 is 0.738 bits per heavy atom. The minimum Gasteiger partial charge on any atom is -0.495 e. The Labute approximate surface area is 360 Å². The van der Waals surface area contributed by atoms with Gasteiger partial charge >= 0.3 is 0 Å². The molecule has 7 aromatic rings. The molecule has 318 valence electrons. The first kappa shape index (κ1) is 42.7. The number of halogens is 1. The molecule has 1 aliphatic rings. The molecule has 0 aliphatic carbocycles. The monoisotopic (exact) mass is 844 g/mol. The fourth-order valence-electron chi connectivity index (χ4n) is 6.33. The number of hydrogen-bond acceptors (Lipinski definition) is 15. The summed E-state index contributed by atoms with van der Waals surface area (Å²) in [5.74, 6) is 3.84. The van der Waals surface area contributed by atoms with E-state index in [-0.39, 0.29) is 10.8 Å². The van der Waals surface area contributed by atoms with Crippen molar-refractivity contribution in [1.82, 2.24) is 44.7 Å². The number of fused-ring (bicyclic) bond motifs is 2. The molecular formula is C44H53ClN14O2. The van der Waals surface area contributed by atoms with Crippen molar-refractivity contribution in [1.29, 1.82) is 0 Å². The maximum Gasteiger partial charge on any atom is 0.227 e. The van der Waals surface area contributed by atoms with Crippen molar-refractivity contribution < 1.29 is 9.47 Å². The van der Waals surface area contributed by atoms with E-state index in [9.17, 15) is 0 Å². The van der Waals surface area contributed by atoms with E-state index < -0.39 is 0 Å². The fraction of sp³-hybridized carbons (Fsp3) is 0.364. The lowest BCUT2D eigenvalue weighted by Gasteiger charge is -2.29. The van der Waals surface area contributed by atoms with E-state index >= 15 is 0 Å². The minimum absolute atomic E-state index is 0.121. The third-order valence-electron chi connectivity index (χ3n) is 9.56. The topological polar surface area (TPSA) is 178 Å². The van der Waals surface area contributed by atoms with Crippen LogP contribution in [0, 0.1) is 10.8 Å². The van der Waals surface area contributed by atoms with E-state index in [1.807, 2.05) is 54.1 Å². The zero-order valence-corrected chi connectivity index (χ0v) is 36.7. The Kier molecular flexibility index (Phi) is 12.9. The van der Waals surface area contributed by atoms with Gasteiger partial charge in [-0.2, -0.15) is 0 Å². The zero-order valence-electron chi connectivity index (χ0n) is 35.9. The number of morpholine rings is 1. The van der Waals surface area contributed by atoms with Gasteiger partial charge in [-0.1, -0.05) is 53.1 Å². The lowest BCUT2D eigenvalue weighted by molar-refractivity contribution is 0.122. The van der Waals surface area contributed by atoms with Crippen LogP contribution in [-0.2, 0) is 11.8 Å². The molecule has 4 N–H and O–H groups in total. The molecule has 6 heterocycles. The standard InChI is InChI=1S/C22H27ClN6O.C22H26N8O/c1-22(2,3)14-26-20-19-15(6-7-24-20)13-25-21(28-19)27-18-5-4-16(12-17(18)23)29-8-10-30-11-9-29;1-22(2,3)12-25-19-18-15(8-9-23-19)11-24-21(28-18)27-16-7-6-14(10-17(16)31-5)20-29-26-13-30(20)4/h4-7,12-13H,8-11,14H2,1-3H3,(H,24,26)(H,25,27,28);6-11,13H,12H2,1-5H3,(H,23,25)(H,24,27,28). The summed E-state index contributed by atoms with van der Waals surface area (Å²) in [6.45, 7) is 17.8. The molecule has 8 rings (SSSR count). The van der Waals surface area contributed by atoms with E-state index in [1.54, 1.807) is 38.2 Å². The number of rotatable bonds is 11. The van der Waals surface area contributed by atoms with Crippen molar-refractivity contribution in [2.24, 2.45) is 17.9 Å². The second-order valence-corrected chi connectivity index (χ2v) is 17.5. The second kappa shape index (κ2) is 18.5. The number of pyridine rings is 2. The maximum absolute atomic E-state index is 6.55. The van der Waals surface area contributed by atoms with Crippen molar-refractivity contribution in [3.05, 3.63) is 84.7 Å². The first-order valence-corrected chi connectivity index (χ1v) is 20.5. The van der Waals surface area contributed by atoms with Gasteiger partial charge in [0.2, 0.25) is 11.9 Å². The summed E-state index contributed by atoms with van der Waals surface area (Å²) >= 11 is 6.55. The van der Waals surface area contributed by atoms with Crippen molar-refractivity contribution >= 4 is 74.0 Å². The highest BCUT2D eigenvalue weighted by atomic mass is 35.5. The largest absolute Gasteiger partial charge is 0.495 e. The van der Waals surface area contributed by atoms with Gasteiger partial charge in [-0.15, -0.1) is 10.2 Å². The first-order chi connectivity index (χ1) is 29.2. The minimum atomic E-state index is 0.121. The van der Waals surface area contributed by atoms with Crippen LogP contribution in [0.5, 0.6) is 5.75 Å². The van der Waals surface area contributed by atoms with Gasteiger partial charge in [0.25, 0.3) is 0 Å². The average molecular weight is 845 g/mol. The highest BCUT2D eigenvalue weighted by Crippen LogP contribution is 2.33. The van der Waals surface area contributed by atoms with Crippen LogP contribution in [0.2, 0.25) is 5.02 Å². The lowest BCUT2D eigenvalue weighted by Crippen LogP contribution is -2.36. The third-order valence-corrected chi connectivity index (χ3v) is 9.88. The second-order valence-electron chi connectivity index (χ2n) is 17.1. The van der Waals surface area contributed by atoms with E-state index in [2.05, 4.69) is 104 Å². The Balaban J connectivity index is 0.000000184. The molecule has 16 nitrogen and oxygen atoms in total. The van der Waals surface area contributed by atoms with E-state index in [1.165, 1.54) is 0 Å². The molecular weight excluding hydrogens is 792 g/mol. The molecule has 0 amide bonds. The van der Waals surface area contributed by atoms with Crippen LogP contribution in [0.1, 0.15) is 41.5 Å². The number of benzene rings is 2. The van der Waals surface area contributed by atoms with Gasteiger partial charge < -0.3 is 40.2 Å². The molecule has 0 radical (unpaired) electrons. The summed E-state index contributed by atoms with van der Waals surface area (Å²) in [6.07, 6.45) is 8.78. The smallest absolute Gasteiger partial charge is 0.227 e. The van der Waals surface area contributed by atoms with E-state index in [0.717, 1.165) is 101 Å². The van der Waals surface area contributed by atoms with Crippen LogP contribution in [0.25, 0.3) is 33.2 Å². The van der Waals surface area contributed by atoms with Crippen molar-refractivity contribution in [3.63, 3.8) is 0 Å². The molecule has 1 fully saturated rings. The Morgan fingerprint density at radius 2 is 1.31 bits per heavy atom. The molecule has 0 atom stereocenters. The summed E-state index contributed by atoms with van der Waals surface area (Å²) in [7, 11) is 3.52. The van der Waals surface area contributed by atoms with Gasteiger partial charge in [0.15, 0.2) is 17.5 Å². The fourth-order valence-corrected chi connectivity index (χ4v) is 6.55. The first-order valence-electron chi connectivity index (χ1n) is 20.1. The lowest BCUT2D eigenvalue weighted by atomic mass is 9.97. The predicted octanol–water partition coefficient (Wildman–Crippen LogP) is 8.75. The molecule has 2 aromatic carbocycles. The summed E-state index contributed by atoms with van der Waals surface area (Å²) in [5.41, 5.74) is 5.30. The van der Waals surface area contributed by atoms with Crippen molar-refractivity contribution in [2.75, 3.05) is 72.7 Å². The van der Waals surface area contributed by atoms with E-state index in [4.69, 9.17) is 31.0 Å². The van der Waals surface area contributed by atoms with Crippen LogP contribution in [0.4, 0.5) is 40.6 Å². The predicted molar refractivity (Wildman–Crippen MR) is 245 cm³/mol. The number of anilines is 7. The van der Waals surface area contributed by atoms with Crippen LogP contribution in [0.3, 0.4) is 0 Å². The average Bonchev–Trinajstić information content (AvgIpc) is 3.68. The molecule has 1 aliphatic heterocycles. The van der Waals surface area contributed by atoms with Gasteiger partial charge in [0.1, 0.15) is 23.1 Å². The maximum atomic E-state index is 6.55. The number of nitrogens with one attached hydrogen (secondary N) is 4. The molecule has 17 heteroatoms. The number of aromatic nitrogens is 9. The summed E-state index contributed by atoms with van der Waals surface area (Å²) in [4.78, 5) is 29.5. The zero-order chi connectivity index (χ0) is 43.1. The molecule has 0 unspecified atom stereocenters. The van der Waals surface area contributed by atoms with Gasteiger partial charge in [-0.05, 0) is 59.4 Å². The van der Waals surface area contributed by atoms with Crippen LogP contribution < -0.4 is 30.9 Å². The number of aryl methyl sites for hydroxylation is 1. The Bertz CT molecular complexity index is 2600. The van der Waals surface area contributed by atoms with Gasteiger partial charge in [-0.25, -0.2) is 29.9 Å². The molecule has 5 aromatic heterocycles. The summed E-state index contributed by atoms with van der Waals surface area (Å²) in [5, 5.41) is 23.9. The number of methoxy groups -OCH3 is 1. The van der Waals surface area contributed by atoms with Gasteiger partial charge in [0, 0.05) is 80.0 Å². The van der Waals surface area contributed by atoms with Gasteiger partial charge in [-0.3, -0.25) is 0 Å². The molecule has 1 saturated heterocycles. The SMILES string of the molecule is CC(C)(C)CNc1nccc2cnc(Nc3ccc(N4CCOCC4)cc3Cl)nc12.COc1cc(-c2nncn2C)ccc1Nc1ncc2ccnc(NCC(C)(C)C)c2n1. The molecule has 0 saturated carbocycles. The Hall–Kier alpha value is -6.39. The Morgan fingerprint density at radius 3 is 1.84 bits per heavy atom. The number of nitrogens with zero attached hydrogens (tertiary/aromatic N) is 10.